The van der Waals surface area contributed by atoms with Crippen LogP contribution in [0.1, 0.15) is 12.8 Å². The van der Waals surface area contributed by atoms with Gasteiger partial charge in [0.15, 0.2) is 15.5 Å². The molecule has 1 fully saturated rings. The molecular weight excluding hydrogens is 388 g/mol. The first-order chi connectivity index (χ1) is 14.0. The number of aromatic nitrogens is 3. The molecular formula is C21H20N4O3S. The van der Waals surface area contributed by atoms with Crippen LogP contribution in [0.15, 0.2) is 48.5 Å². The van der Waals surface area contributed by atoms with Crippen LogP contribution in [0.25, 0.3) is 33.1 Å². The quantitative estimate of drug-likeness (QED) is 0.560. The van der Waals surface area contributed by atoms with Gasteiger partial charge < -0.3 is 9.88 Å². The number of fused-ring (bicyclic) bond motifs is 4. The Labute approximate surface area is 167 Å². The van der Waals surface area contributed by atoms with E-state index in [1.807, 2.05) is 53.1 Å². The number of hydrogen-bond acceptors (Lipinski definition) is 5. The number of carbonyl (C=O) groups excluding carboxylic acids is 1. The van der Waals surface area contributed by atoms with Crippen molar-refractivity contribution in [3.05, 3.63) is 48.5 Å². The van der Waals surface area contributed by atoms with E-state index in [0.29, 0.717) is 13.0 Å². The minimum Gasteiger partial charge on any atom is -0.352 e. The number of nitrogens with one attached hydrogen (secondary N) is 1. The molecule has 1 unspecified atom stereocenters. The molecule has 1 aliphatic heterocycles. The zero-order chi connectivity index (χ0) is 20.0. The first-order valence-electron chi connectivity index (χ1n) is 9.64. The molecule has 4 aromatic rings. The summed E-state index contributed by atoms with van der Waals surface area (Å²) in [6, 6.07) is 15.4. The maximum atomic E-state index is 12.4. The highest BCUT2D eigenvalue weighted by Crippen LogP contribution is 2.28. The van der Waals surface area contributed by atoms with E-state index in [-0.39, 0.29) is 29.9 Å². The van der Waals surface area contributed by atoms with E-state index < -0.39 is 9.84 Å². The van der Waals surface area contributed by atoms with Crippen molar-refractivity contribution in [1.29, 1.82) is 0 Å². The van der Waals surface area contributed by atoms with Crippen LogP contribution in [-0.4, -0.2) is 46.4 Å². The van der Waals surface area contributed by atoms with Gasteiger partial charge in [0.2, 0.25) is 5.91 Å². The van der Waals surface area contributed by atoms with Crippen molar-refractivity contribution in [1.82, 2.24) is 19.9 Å². The van der Waals surface area contributed by atoms with Crippen LogP contribution in [0.3, 0.4) is 0 Å². The molecule has 0 spiro atoms. The highest BCUT2D eigenvalue weighted by atomic mass is 32.2. The highest BCUT2D eigenvalue weighted by Gasteiger charge is 2.28. The summed E-state index contributed by atoms with van der Waals surface area (Å²) in [6.45, 7) is 0.447. The van der Waals surface area contributed by atoms with Gasteiger partial charge in [0.1, 0.15) is 5.52 Å². The Bertz CT molecular complexity index is 1360. The van der Waals surface area contributed by atoms with E-state index in [0.717, 1.165) is 33.1 Å². The molecule has 1 atom stereocenters. The lowest BCUT2D eigenvalue weighted by Crippen LogP contribution is -2.36. The predicted octanol–water partition coefficient (Wildman–Crippen LogP) is 2.43. The number of hydrogen-bond donors (Lipinski definition) is 1. The first-order valence-corrected chi connectivity index (χ1v) is 11.5. The first kappa shape index (κ1) is 18.1. The van der Waals surface area contributed by atoms with E-state index in [2.05, 4.69) is 5.32 Å². The highest BCUT2D eigenvalue weighted by molar-refractivity contribution is 7.91. The van der Waals surface area contributed by atoms with Crippen LogP contribution < -0.4 is 5.32 Å². The second kappa shape index (κ2) is 6.81. The summed E-state index contributed by atoms with van der Waals surface area (Å²) < 4.78 is 25.2. The fraction of sp³-hybridized carbons (Fsp3) is 0.286. The zero-order valence-electron chi connectivity index (χ0n) is 15.7. The average Bonchev–Trinajstić information content (AvgIpc) is 3.21. The Morgan fingerprint density at radius 3 is 2.55 bits per heavy atom. The second-order valence-electron chi connectivity index (χ2n) is 7.47. The van der Waals surface area contributed by atoms with Gasteiger partial charge in [-0.1, -0.05) is 30.3 Å². The number of amides is 1. The van der Waals surface area contributed by atoms with E-state index in [1.54, 1.807) is 0 Å². The second-order valence-corrected chi connectivity index (χ2v) is 9.70. The molecule has 7 nitrogen and oxygen atoms in total. The van der Waals surface area contributed by atoms with Gasteiger partial charge in [-0.05, 0) is 24.6 Å². The number of rotatable bonds is 4. The molecule has 1 aliphatic rings. The number of sulfone groups is 1. The lowest BCUT2D eigenvalue weighted by Gasteiger charge is -2.12. The summed E-state index contributed by atoms with van der Waals surface area (Å²) in [5.41, 5.74) is 4.20. The van der Waals surface area contributed by atoms with Gasteiger partial charge in [0.25, 0.3) is 0 Å². The molecule has 29 heavy (non-hydrogen) atoms. The molecule has 0 radical (unpaired) electrons. The lowest BCUT2D eigenvalue weighted by molar-refractivity contribution is -0.121. The van der Waals surface area contributed by atoms with Gasteiger partial charge in [-0.3, -0.25) is 4.79 Å². The summed E-state index contributed by atoms with van der Waals surface area (Å²) in [7, 11) is -3.02. The zero-order valence-corrected chi connectivity index (χ0v) is 16.5. The van der Waals surface area contributed by atoms with Gasteiger partial charge in [-0.25, -0.2) is 18.4 Å². The van der Waals surface area contributed by atoms with E-state index in [4.69, 9.17) is 9.97 Å². The Kier molecular flexibility index (Phi) is 4.24. The largest absolute Gasteiger partial charge is 0.352 e. The van der Waals surface area contributed by atoms with Crippen molar-refractivity contribution in [2.45, 2.75) is 25.4 Å². The van der Waals surface area contributed by atoms with E-state index in [1.165, 1.54) is 0 Å². The summed E-state index contributed by atoms with van der Waals surface area (Å²) in [5.74, 6) is 0.0331. The molecule has 1 N–H and O–H groups in total. The minimum atomic E-state index is -3.02. The van der Waals surface area contributed by atoms with Crippen molar-refractivity contribution in [2.24, 2.45) is 0 Å². The lowest BCUT2D eigenvalue weighted by atomic mass is 10.2. The topological polar surface area (TPSA) is 93.9 Å². The van der Waals surface area contributed by atoms with Crippen LogP contribution in [0.5, 0.6) is 0 Å². The van der Waals surface area contributed by atoms with Crippen molar-refractivity contribution in [3.8, 4) is 0 Å². The third-order valence-electron chi connectivity index (χ3n) is 5.42. The van der Waals surface area contributed by atoms with Gasteiger partial charge >= 0.3 is 0 Å². The maximum absolute atomic E-state index is 12.4. The maximum Gasteiger partial charge on any atom is 0.222 e. The molecule has 3 heterocycles. The molecule has 0 bridgehead atoms. The van der Waals surface area contributed by atoms with Gasteiger partial charge in [-0.15, -0.1) is 0 Å². The molecule has 0 aliphatic carbocycles. The number of benzene rings is 2. The third-order valence-corrected chi connectivity index (χ3v) is 7.19. The number of nitrogens with zero attached hydrogens (tertiary/aromatic N) is 3. The normalized spacial score (nSPS) is 18.6. The summed E-state index contributed by atoms with van der Waals surface area (Å²) in [6.07, 6.45) is 0.736. The Hall–Kier alpha value is -3.00. The Morgan fingerprint density at radius 1 is 1.07 bits per heavy atom. The molecule has 0 saturated carbocycles. The third kappa shape index (κ3) is 3.33. The predicted molar refractivity (Wildman–Crippen MR) is 112 cm³/mol. The van der Waals surface area contributed by atoms with Crippen LogP contribution in [0.2, 0.25) is 0 Å². The number of carbonyl (C=O) groups is 1. The minimum absolute atomic E-state index is 0.0333. The van der Waals surface area contributed by atoms with Crippen molar-refractivity contribution >= 4 is 48.8 Å². The van der Waals surface area contributed by atoms with Crippen LogP contribution in [0, 0.1) is 0 Å². The van der Waals surface area contributed by atoms with Crippen LogP contribution in [-0.2, 0) is 21.2 Å². The fourth-order valence-electron chi connectivity index (χ4n) is 4.03. The van der Waals surface area contributed by atoms with Crippen LogP contribution in [0.4, 0.5) is 0 Å². The Morgan fingerprint density at radius 2 is 1.79 bits per heavy atom. The molecule has 8 heteroatoms. The molecule has 1 amide bonds. The van der Waals surface area contributed by atoms with Gasteiger partial charge in [0.05, 0.1) is 28.1 Å². The van der Waals surface area contributed by atoms with Gasteiger partial charge in [0, 0.05) is 24.4 Å². The van der Waals surface area contributed by atoms with E-state index in [9.17, 15) is 13.2 Å². The summed E-state index contributed by atoms with van der Waals surface area (Å²) in [5, 5.41) is 3.86. The SMILES string of the molecule is O=C(CCn1c2ccccc2c2nc3ccccc3nc21)NC1CCS(=O)(=O)C1. The average molecular weight is 408 g/mol. The monoisotopic (exact) mass is 408 g/mol. The van der Waals surface area contributed by atoms with E-state index >= 15 is 0 Å². The summed E-state index contributed by atoms with van der Waals surface area (Å²) >= 11 is 0. The molecule has 148 valence electrons. The molecule has 2 aromatic carbocycles. The summed E-state index contributed by atoms with van der Waals surface area (Å²) in [4.78, 5) is 22.0. The standard InChI is InChI=1S/C21H20N4O3S/c26-19(22-14-10-12-29(27,28)13-14)9-11-25-18-8-4-1-5-15(18)20-21(25)24-17-7-3-2-6-16(17)23-20/h1-8,14H,9-13H2,(H,22,26). The Balaban J connectivity index is 1.47. The van der Waals surface area contributed by atoms with Crippen molar-refractivity contribution in [3.63, 3.8) is 0 Å². The van der Waals surface area contributed by atoms with Crippen molar-refractivity contribution < 1.29 is 13.2 Å². The molecule has 1 saturated heterocycles. The number of para-hydroxylation sites is 3. The molecule has 2 aromatic heterocycles. The smallest absolute Gasteiger partial charge is 0.222 e. The van der Waals surface area contributed by atoms with Gasteiger partial charge in [-0.2, -0.15) is 0 Å². The number of aryl methyl sites for hydroxylation is 1. The van der Waals surface area contributed by atoms with Crippen molar-refractivity contribution in [2.75, 3.05) is 11.5 Å². The fourth-order valence-corrected chi connectivity index (χ4v) is 5.70. The van der Waals surface area contributed by atoms with Crippen LogP contribution >= 0.6 is 0 Å². The molecule has 5 rings (SSSR count).